The van der Waals surface area contributed by atoms with Gasteiger partial charge in [-0.1, -0.05) is 35.3 Å². The number of carbonyl (C=O) groups is 1. The summed E-state index contributed by atoms with van der Waals surface area (Å²) in [4.78, 5) is 16.9. The van der Waals surface area contributed by atoms with Crippen LogP contribution in [0.5, 0.6) is 0 Å². The first-order valence-electron chi connectivity index (χ1n) is 8.27. The summed E-state index contributed by atoms with van der Waals surface area (Å²) < 4.78 is 14.5. The molecule has 2 aromatic carbocycles. The van der Waals surface area contributed by atoms with Gasteiger partial charge in [-0.3, -0.25) is 9.78 Å². The largest absolute Gasteiger partial charge is 0.339 e. The number of amides is 1. The molecule has 0 bridgehead atoms. The monoisotopic (exact) mass is 413 g/mol. The Labute approximate surface area is 171 Å². The minimum absolute atomic E-state index is 0.0328. The van der Waals surface area contributed by atoms with E-state index in [2.05, 4.69) is 16.4 Å². The van der Waals surface area contributed by atoms with E-state index in [4.69, 9.17) is 28.5 Å². The molecule has 7 heteroatoms. The van der Waals surface area contributed by atoms with Crippen molar-refractivity contribution in [3.63, 3.8) is 0 Å². The average molecular weight is 414 g/mol. The van der Waals surface area contributed by atoms with Crippen LogP contribution in [-0.4, -0.2) is 10.9 Å². The van der Waals surface area contributed by atoms with E-state index < -0.39 is 17.8 Å². The van der Waals surface area contributed by atoms with Crippen molar-refractivity contribution in [2.75, 3.05) is 0 Å². The van der Waals surface area contributed by atoms with E-state index in [1.165, 1.54) is 6.20 Å². The zero-order valence-electron chi connectivity index (χ0n) is 14.7. The molecule has 0 spiro atoms. The van der Waals surface area contributed by atoms with Crippen molar-refractivity contribution in [3.8, 4) is 6.07 Å². The maximum Gasteiger partial charge on any atom is 0.252 e. The van der Waals surface area contributed by atoms with Crippen LogP contribution in [0.2, 0.25) is 10.0 Å². The van der Waals surface area contributed by atoms with Crippen molar-refractivity contribution in [1.82, 2.24) is 10.3 Å². The summed E-state index contributed by atoms with van der Waals surface area (Å²) in [6.07, 6.45) is 1.32. The van der Waals surface area contributed by atoms with Gasteiger partial charge in [-0.2, -0.15) is 5.26 Å². The zero-order valence-corrected chi connectivity index (χ0v) is 16.2. The summed E-state index contributed by atoms with van der Waals surface area (Å²) in [5.74, 6) is -1.06. The van der Waals surface area contributed by atoms with E-state index in [0.29, 0.717) is 27.3 Å². The van der Waals surface area contributed by atoms with Gasteiger partial charge in [-0.15, -0.1) is 0 Å². The van der Waals surface area contributed by atoms with Gasteiger partial charge >= 0.3 is 0 Å². The Bertz CT molecular complexity index is 1080. The molecule has 140 valence electrons. The van der Waals surface area contributed by atoms with Crippen LogP contribution in [0, 0.1) is 24.1 Å². The van der Waals surface area contributed by atoms with Crippen LogP contribution >= 0.6 is 23.2 Å². The predicted octanol–water partition coefficient (Wildman–Crippen LogP) is 5.23. The SMILES string of the molecule is Cc1cc(C(=O)NC(c2ccc(Cl)cc2)c2ncc(Cl)cc2F)ccc1C#N. The molecule has 28 heavy (non-hydrogen) atoms. The summed E-state index contributed by atoms with van der Waals surface area (Å²) in [5, 5.41) is 12.5. The molecule has 1 aromatic heterocycles. The molecule has 0 aliphatic rings. The van der Waals surface area contributed by atoms with Crippen molar-refractivity contribution in [1.29, 1.82) is 5.26 Å². The van der Waals surface area contributed by atoms with Crippen LogP contribution in [0.3, 0.4) is 0 Å². The van der Waals surface area contributed by atoms with Crippen LogP contribution < -0.4 is 5.32 Å². The summed E-state index contributed by atoms with van der Waals surface area (Å²) in [6.45, 7) is 1.74. The third-order valence-electron chi connectivity index (χ3n) is 4.20. The predicted molar refractivity (Wildman–Crippen MR) is 106 cm³/mol. The number of carbonyl (C=O) groups excluding carboxylic acids is 1. The van der Waals surface area contributed by atoms with Gasteiger partial charge in [0.2, 0.25) is 0 Å². The van der Waals surface area contributed by atoms with Crippen LogP contribution in [-0.2, 0) is 0 Å². The zero-order chi connectivity index (χ0) is 20.3. The van der Waals surface area contributed by atoms with Gasteiger partial charge in [-0.05, 0) is 54.4 Å². The van der Waals surface area contributed by atoms with Crippen LogP contribution in [0.15, 0.2) is 54.7 Å². The first-order chi connectivity index (χ1) is 13.4. The fraction of sp³-hybridized carbons (Fsp3) is 0.0952. The summed E-state index contributed by atoms with van der Waals surface area (Å²) in [7, 11) is 0. The lowest BCUT2D eigenvalue weighted by molar-refractivity contribution is 0.0941. The Balaban J connectivity index is 1.99. The van der Waals surface area contributed by atoms with Gasteiger partial charge in [0.05, 0.1) is 22.7 Å². The first-order valence-corrected chi connectivity index (χ1v) is 9.02. The molecular formula is C21H14Cl2FN3O. The van der Waals surface area contributed by atoms with E-state index in [-0.39, 0.29) is 10.7 Å². The highest BCUT2D eigenvalue weighted by Crippen LogP contribution is 2.26. The molecule has 3 aromatic rings. The quantitative estimate of drug-likeness (QED) is 0.636. The average Bonchev–Trinajstić information content (AvgIpc) is 2.67. The van der Waals surface area contributed by atoms with Crippen molar-refractivity contribution >= 4 is 29.1 Å². The number of nitriles is 1. The number of pyridine rings is 1. The number of aromatic nitrogens is 1. The molecule has 0 saturated carbocycles. The van der Waals surface area contributed by atoms with Crippen molar-refractivity contribution in [2.24, 2.45) is 0 Å². The van der Waals surface area contributed by atoms with Gasteiger partial charge in [0.1, 0.15) is 11.5 Å². The van der Waals surface area contributed by atoms with Crippen LogP contribution in [0.1, 0.15) is 38.8 Å². The Kier molecular flexibility index (Phi) is 5.93. The van der Waals surface area contributed by atoms with Crippen molar-refractivity contribution < 1.29 is 9.18 Å². The summed E-state index contributed by atoms with van der Waals surface area (Å²) >= 11 is 11.7. The van der Waals surface area contributed by atoms with E-state index >= 15 is 0 Å². The van der Waals surface area contributed by atoms with E-state index in [9.17, 15) is 9.18 Å². The third-order valence-corrected chi connectivity index (χ3v) is 4.66. The molecule has 1 atom stereocenters. The van der Waals surface area contributed by atoms with E-state index in [1.807, 2.05) is 0 Å². The van der Waals surface area contributed by atoms with Gasteiger partial charge in [0, 0.05) is 16.8 Å². The second kappa shape index (κ2) is 8.39. The maximum absolute atomic E-state index is 14.5. The van der Waals surface area contributed by atoms with Gasteiger partial charge in [-0.25, -0.2) is 4.39 Å². The van der Waals surface area contributed by atoms with Gasteiger partial charge in [0.25, 0.3) is 5.91 Å². The molecule has 4 nitrogen and oxygen atoms in total. The fourth-order valence-electron chi connectivity index (χ4n) is 2.75. The van der Waals surface area contributed by atoms with E-state index in [0.717, 1.165) is 6.07 Å². The molecule has 1 heterocycles. The highest BCUT2D eigenvalue weighted by atomic mass is 35.5. The molecule has 3 rings (SSSR count). The summed E-state index contributed by atoms with van der Waals surface area (Å²) in [5.41, 5.74) is 2.15. The number of nitrogens with one attached hydrogen (secondary N) is 1. The Morgan fingerprint density at radius 3 is 2.46 bits per heavy atom. The van der Waals surface area contributed by atoms with Crippen molar-refractivity contribution in [3.05, 3.63) is 98.5 Å². The van der Waals surface area contributed by atoms with E-state index in [1.54, 1.807) is 49.4 Å². The molecule has 0 radical (unpaired) electrons. The Morgan fingerprint density at radius 2 is 1.86 bits per heavy atom. The summed E-state index contributed by atoms with van der Waals surface area (Å²) in [6, 6.07) is 13.8. The molecule has 0 fully saturated rings. The maximum atomic E-state index is 14.5. The Morgan fingerprint density at radius 1 is 1.14 bits per heavy atom. The minimum atomic E-state index is -0.849. The molecule has 1 unspecified atom stereocenters. The number of aryl methyl sites for hydroxylation is 1. The van der Waals surface area contributed by atoms with Gasteiger partial charge < -0.3 is 5.32 Å². The highest BCUT2D eigenvalue weighted by Gasteiger charge is 2.23. The number of benzene rings is 2. The lowest BCUT2D eigenvalue weighted by Crippen LogP contribution is -2.30. The number of hydrogen-bond acceptors (Lipinski definition) is 3. The number of halogens is 3. The normalized spacial score (nSPS) is 11.5. The lowest BCUT2D eigenvalue weighted by Gasteiger charge is -2.20. The minimum Gasteiger partial charge on any atom is -0.339 e. The molecule has 0 aliphatic heterocycles. The van der Waals surface area contributed by atoms with Crippen LogP contribution in [0.25, 0.3) is 0 Å². The fourth-order valence-corrected chi connectivity index (χ4v) is 3.02. The molecule has 1 N–H and O–H groups in total. The topological polar surface area (TPSA) is 65.8 Å². The standard InChI is InChI=1S/C21H14Cl2FN3O/c1-12-8-14(2-3-15(12)10-25)21(28)27-19(13-4-6-16(22)7-5-13)20-18(24)9-17(23)11-26-20/h2-9,11,19H,1H3,(H,27,28). The molecule has 0 aliphatic carbocycles. The molecule has 1 amide bonds. The number of nitrogens with zero attached hydrogens (tertiary/aromatic N) is 2. The first kappa shape index (κ1) is 19.8. The van der Waals surface area contributed by atoms with Crippen LogP contribution in [0.4, 0.5) is 4.39 Å². The van der Waals surface area contributed by atoms with Crippen molar-refractivity contribution in [2.45, 2.75) is 13.0 Å². The Hall–Kier alpha value is -2.94. The van der Waals surface area contributed by atoms with Gasteiger partial charge in [0.15, 0.2) is 0 Å². The number of hydrogen-bond donors (Lipinski definition) is 1. The molecule has 0 saturated heterocycles. The second-order valence-corrected chi connectivity index (χ2v) is 6.99. The highest BCUT2D eigenvalue weighted by molar-refractivity contribution is 6.30. The number of rotatable bonds is 4. The lowest BCUT2D eigenvalue weighted by atomic mass is 10.0. The third kappa shape index (κ3) is 4.30. The smallest absolute Gasteiger partial charge is 0.252 e. The molecular weight excluding hydrogens is 400 g/mol. The second-order valence-electron chi connectivity index (χ2n) is 6.12.